The summed E-state index contributed by atoms with van der Waals surface area (Å²) >= 11 is 1.60. The molecule has 0 radical (unpaired) electrons. The van der Waals surface area contributed by atoms with Gasteiger partial charge in [-0.3, -0.25) is 4.79 Å². The third-order valence-corrected chi connectivity index (χ3v) is 4.94. The Bertz CT molecular complexity index is 399. The number of carboxylic acids is 1. The second kappa shape index (κ2) is 5.96. The van der Waals surface area contributed by atoms with Gasteiger partial charge < -0.3 is 15.3 Å². The second-order valence-corrected chi connectivity index (χ2v) is 6.09. The molecular weight excluding hydrogens is 264 g/mol. The van der Waals surface area contributed by atoms with E-state index in [4.69, 9.17) is 0 Å². The van der Waals surface area contributed by atoms with Crippen molar-refractivity contribution >= 4 is 23.6 Å². The quantitative estimate of drug-likeness (QED) is 0.433. The molecule has 0 bridgehead atoms. The monoisotopic (exact) mass is 284 g/mol. The first-order valence-corrected chi connectivity index (χ1v) is 7.70. The smallest absolute Gasteiger partial charge is 0.330 e. The summed E-state index contributed by atoms with van der Waals surface area (Å²) in [6.07, 6.45) is 3.34. The van der Waals surface area contributed by atoms with Gasteiger partial charge in [-0.2, -0.15) is 0 Å². The highest BCUT2D eigenvalue weighted by Crippen LogP contribution is 2.39. The zero-order valence-electron chi connectivity index (χ0n) is 11.1. The lowest BCUT2D eigenvalue weighted by molar-refractivity contribution is -0.159. The fraction of sp³-hybridized carbons (Fsp3) is 0.692. The first kappa shape index (κ1) is 14.4. The molecule has 0 aromatic carbocycles. The van der Waals surface area contributed by atoms with Gasteiger partial charge in [-0.05, 0) is 18.5 Å². The van der Waals surface area contributed by atoms with Gasteiger partial charge in [0.15, 0.2) is 6.04 Å². The van der Waals surface area contributed by atoms with E-state index in [1.54, 1.807) is 11.8 Å². The minimum Gasteiger partial charge on any atom is -0.479 e. The molecular formula is C13H20N2O3S. The summed E-state index contributed by atoms with van der Waals surface area (Å²) < 4.78 is 0. The Balaban J connectivity index is 1.93. The first-order chi connectivity index (χ1) is 9.07. The van der Waals surface area contributed by atoms with Crippen LogP contribution in [0.3, 0.4) is 0 Å². The number of fused-ring (bicyclic) bond motifs is 1. The summed E-state index contributed by atoms with van der Waals surface area (Å²) in [7, 11) is 0. The Labute approximate surface area is 117 Å². The molecule has 6 heteroatoms. The van der Waals surface area contributed by atoms with E-state index in [9.17, 15) is 14.7 Å². The van der Waals surface area contributed by atoms with Crippen LogP contribution in [0.5, 0.6) is 0 Å². The van der Waals surface area contributed by atoms with Gasteiger partial charge >= 0.3 is 5.97 Å². The largest absolute Gasteiger partial charge is 0.479 e. The van der Waals surface area contributed by atoms with Crippen LogP contribution in [-0.2, 0) is 9.59 Å². The Morgan fingerprint density at radius 1 is 1.58 bits per heavy atom. The van der Waals surface area contributed by atoms with E-state index in [1.165, 1.54) is 4.90 Å². The van der Waals surface area contributed by atoms with Gasteiger partial charge in [0.25, 0.3) is 0 Å². The van der Waals surface area contributed by atoms with Gasteiger partial charge in [0.05, 0.1) is 0 Å². The van der Waals surface area contributed by atoms with Crippen molar-refractivity contribution in [3.05, 3.63) is 12.2 Å². The van der Waals surface area contributed by atoms with Crippen LogP contribution in [0.15, 0.2) is 12.2 Å². The van der Waals surface area contributed by atoms with Crippen LogP contribution in [0, 0.1) is 0 Å². The van der Waals surface area contributed by atoms with E-state index in [2.05, 4.69) is 18.8 Å². The summed E-state index contributed by atoms with van der Waals surface area (Å²) in [4.78, 5) is 24.7. The first-order valence-electron chi connectivity index (χ1n) is 6.65. The molecule has 2 N–H and O–H groups in total. The van der Waals surface area contributed by atoms with Crippen LogP contribution in [0.1, 0.15) is 26.2 Å². The Hall–Kier alpha value is -1.01. The number of carbonyl (C=O) groups is 2. The summed E-state index contributed by atoms with van der Waals surface area (Å²) in [5, 5.41) is 12.4. The van der Waals surface area contributed by atoms with Crippen molar-refractivity contribution in [3.8, 4) is 0 Å². The maximum absolute atomic E-state index is 12.1. The normalized spacial score (nSPS) is 29.9. The molecule has 106 valence electrons. The molecule has 0 saturated carbocycles. The fourth-order valence-corrected chi connectivity index (χ4v) is 3.85. The fourth-order valence-electron chi connectivity index (χ4n) is 2.52. The van der Waals surface area contributed by atoms with Crippen molar-refractivity contribution in [2.24, 2.45) is 0 Å². The average molecular weight is 284 g/mol. The van der Waals surface area contributed by atoms with Crippen molar-refractivity contribution in [2.45, 2.75) is 43.6 Å². The van der Waals surface area contributed by atoms with E-state index in [0.717, 1.165) is 25.8 Å². The van der Waals surface area contributed by atoms with Crippen molar-refractivity contribution in [1.29, 1.82) is 0 Å². The van der Waals surface area contributed by atoms with E-state index in [1.807, 2.05) is 0 Å². The standard InChI is InChI=1S/C13H20N2O3S/c1-3-4-5-6-14-9-11(16)15-10(13(17)18)8(2)7-19-12(9)15/h9-10,12,14H,2-7H2,1H3,(H,17,18)/t9?,10?,12-/m0/s1. The van der Waals surface area contributed by atoms with Gasteiger partial charge in [0.2, 0.25) is 5.91 Å². The van der Waals surface area contributed by atoms with Crippen molar-refractivity contribution in [1.82, 2.24) is 10.2 Å². The highest BCUT2D eigenvalue weighted by molar-refractivity contribution is 8.00. The lowest BCUT2D eigenvalue weighted by atomic mass is 9.98. The summed E-state index contributed by atoms with van der Waals surface area (Å²) in [5.41, 5.74) is 0.603. The van der Waals surface area contributed by atoms with Crippen LogP contribution in [0.2, 0.25) is 0 Å². The Kier molecular flexibility index (Phi) is 4.52. The number of amides is 1. The number of nitrogens with zero attached hydrogens (tertiary/aromatic N) is 1. The second-order valence-electron chi connectivity index (χ2n) is 4.98. The number of hydrogen-bond acceptors (Lipinski definition) is 4. The highest BCUT2D eigenvalue weighted by Gasteiger charge is 2.55. The van der Waals surface area contributed by atoms with Crippen molar-refractivity contribution in [2.75, 3.05) is 12.3 Å². The topological polar surface area (TPSA) is 69.6 Å². The molecule has 2 fully saturated rings. The van der Waals surface area contributed by atoms with Crippen molar-refractivity contribution < 1.29 is 14.7 Å². The molecule has 0 aliphatic carbocycles. The molecule has 2 aliphatic rings. The lowest BCUT2D eigenvalue weighted by Crippen LogP contribution is -2.74. The maximum Gasteiger partial charge on any atom is 0.330 e. The number of hydrogen-bond donors (Lipinski definition) is 2. The number of nitrogens with one attached hydrogen (secondary N) is 1. The lowest BCUT2D eigenvalue weighted by Gasteiger charge is -2.52. The molecule has 2 unspecified atom stereocenters. The van der Waals surface area contributed by atoms with Gasteiger partial charge in [0, 0.05) is 5.75 Å². The molecule has 2 rings (SSSR count). The zero-order valence-corrected chi connectivity index (χ0v) is 11.9. The SMILES string of the molecule is C=C1CS[C@H]2C(NCCCCC)C(=O)N2C1C(=O)O. The molecule has 2 aliphatic heterocycles. The minimum atomic E-state index is -0.979. The third-order valence-electron chi connectivity index (χ3n) is 3.56. The van der Waals surface area contributed by atoms with Crippen molar-refractivity contribution in [3.63, 3.8) is 0 Å². The number of β-lactam (4-membered cyclic amide) rings is 1. The molecule has 0 aromatic heterocycles. The van der Waals surface area contributed by atoms with Gasteiger partial charge in [-0.1, -0.05) is 26.3 Å². The van der Waals surface area contributed by atoms with E-state index >= 15 is 0 Å². The molecule has 2 saturated heterocycles. The van der Waals surface area contributed by atoms with E-state index < -0.39 is 12.0 Å². The number of aliphatic carboxylic acids is 1. The molecule has 1 amide bonds. The van der Waals surface area contributed by atoms with Gasteiger partial charge in [0.1, 0.15) is 11.4 Å². The van der Waals surface area contributed by atoms with Crippen LogP contribution < -0.4 is 5.32 Å². The molecule has 0 spiro atoms. The third kappa shape index (κ3) is 2.65. The summed E-state index contributed by atoms with van der Waals surface area (Å²) in [6.45, 7) is 6.71. The number of rotatable bonds is 6. The maximum atomic E-state index is 12.1. The number of unbranched alkanes of at least 4 members (excludes halogenated alkanes) is 2. The molecule has 0 aromatic rings. The molecule has 3 atom stereocenters. The molecule has 5 nitrogen and oxygen atoms in total. The Morgan fingerprint density at radius 2 is 2.32 bits per heavy atom. The predicted molar refractivity (Wildman–Crippen MR) is 75.0 cm³/mol. The van der Waals surface area contributed by atoms with Gasteiger partial charge in [-0.15, -0.1) is 11.8 Å². The summed E-state index contributed by atoms with van der Waals surface area (Å²) in [5.74, 6) is -0.478. The highest BCUT2D eigenvalue weighted by atomic mass is 32.2. The minimum absolute atomic E-state index is 0.0549. The predicted octanol–water partition coefficient (Wildman–Crippen LogP) is 1.06. The van der Waals surface area contributed by atoms with Gasteiger partial charge in [-0.25, -0.2) is 4.79 Å². The number of thioether (sulfide) groups is 1. The summed E-state index contributed by atoms with van der Waals surface area (Å²) in [6, 6.07) is -1.07. The van der Waals surface area contributed by atoms with Crippen LogP contribution in [0.4, 0.5) is 0 Å². The Morgan fingerprint density at radius 3 is 2.95 bits per heavy atom. The van der Waals surface area contributed by atoms with Crippen LogP contribution in [-0.4, -0.2) is 51.6 Å². The van der Waals surface area contributed by atoms with Crippen LogP contribution in [0.25, 0.3) is 0 Å². The number of carbonyl (C=O) groups excluding carboxylic acids is 1. The zero-order chi connectivity index (χ0) is 14.0. The van der Waals surface area contributed by atoms with E-state index in [0.29, 0.717) is 11.3 Å². The number of carboxylic acid groups (broad SMARTS) is 1. The van der Waals surface area contributed by atoms with E-state index in [-0.39, 0.29) is 17.3 Å². The molecule has 2 heterocycles. The molecule has 19 heavy (non-hydrogen) atoms. The average Bonchev–Trinajstić information content (AvgIpc) is 2.38. The van der Waals surface area contributed by atoms with Crippen LogP contribution >= 0.6 is 11.8 Å².